The number of fused-ring (bicyclic) bond motifs is 1. The maximum absolute atomic E-state index is 11.6. The van der Waals surface area contributed by atoms with Crippen molar-refractivity contribution in [2.45, 2.75) is 19.5 Å². The zero-order chi connectivity index (χ0) is 17.6. The lowest BCUT2D eigenvalue weighted by Gasteiger charge is -2.26. The molecule has 4 rings (SSSR count). The lowest BCUT2D eigenvalue weighted by molar-refractivity contribution is 0.0696. The van der Waals surface area contributed by atoms with Gasteiger partial charge in [0.15, 0.2) is 0 Å². The normalized spacial score (nSPS) is 14.6. The molecule has 0 bridgehead atoms. The first kappa shape index (κ1) is 15.7. The molecule has 1 aliphatic heterocycles. The SMILES string of the molecule is O=C(O)c1c(Nn2c(=O)c2=O)sc2c1CCN(Cc1ccccn1)C2. The summed E-state index contributed by atoms with van der Waals surface area (Å²) in [4.78, 5) is 41.4. The van der Waals surface area contributed by atoms with E-state index in [1.165, 1.54) is 11.3 Å². The van der Waals surface area contributed by atoms with E-state index >= 15 is 0 Å². The summed E-state index contributed by atoms with van der Waals surface area (Å²) in [6.07, 6.45) is 2.35. The van der Waals surface area contributed by atoms with Crippen molar-refractivity contribution in [2.24, 2.45) is 0 Å². The van der Waals surface area contributed by atoms with Crippen LogP contribution in [0.2, 0.25) is 0 Å². The largest absolute Gasteiger partial charge is 0.478 e. The molecule has 0 saturated carbocycles. The van der Waals surface area contributed by atoms with E-state index in [1.54, 1.807) is 6.20 Å². The maximum atomic E-state index is 11.6. The molecule has 4 heterocycles. The second kappa shape index (κ2) is 5.94. The third kappa shape index (κ3) is 2.87. The van der Waals surface area contributed by atoms with Crippen LogP contribution in [-0.4, -0.2) is 32.2 Å². The predicted octanol–water partition coefficient (Wildman–Crippen LogP) is 0.672. The molecule has 0 amide bonds. The van der Waals surface area contributed by atoms with Crippen LogP contribution in [0.15, 0.2) is 34.0 Å². The standard InChI is InChI=1S/C16H14N4O4S/c21-14-15(22)20(14)18-13-12(16(23)24)10-4-6-19(8-11(10)25-13)7-9-3-1-2-5-17-9/h1-3,5,18H,4,6-8H2,(H,23,24). The smallest absolute Gasteiger partial charge is 0.340 e. The zero-order valence-electron chi connectivity index (χ0n) is 13.1. The number of pyridine rings is 1. The summed E-state index contributed by atoms with van der Waals surface area (Å²) in [5.41, 5.74) is 3.21. The third-order valence-electron chi connectivity index (χ3n) is 4.21. The molecule has 0 radical (unpaired) electrons. The second-order valence-corrected chi connectivity index (χ2v) is 6.96. The Balaban J connectivity index is 1.60. The van der Waals surface area contributed by atoms with Gasteiger partial charge in [0, 0.05) is 30.7 Å². The number of carboxylic acids is 1. The fourth-order valence-corrected chi connectivity index (χ4v) is 4.23. The number of aromatic nitrogens is 2. The maximum Gasteiger partial charge on any atom is 0.340 e. The Labute approximate surface area is 145 Å². The highest BCUT2D eigenvalue weighted by Gasteiger charge is 2.29. The molecule has 0 saturated heterocycles. The van der Waals surface area contributed by atoms with Gasteiger partial charge in [-0.25, -0.2) is 4.79 Å². The van der Waals surface area contributed by atoms with Crippen LogP contribution in [0.1, 0.15) is 26.5 Å². The van der Waals surface area contributed by atoms with Crippen molar-refractivity contribution in [1.82, 2.24) is 14.6 Å². The lowest BCUT2D eigenvalue weighted by Crippen LogP contribution is -2.30. The summed E-state index contributed by atoms with van der Waals surface area (Å²) in [5.74, 6) is -1.06. The van der Waals surface area contributed by atoms with Crippen molar-refractivity contribution in [3.63, 3.8) is 0 Å². The molecular formula is C16H14N4O4S. The Morgan fingerprint density at radius 3 is 2.76 bits per heavy atom. The van der Waals surface area contributed by atoms with E-state index in [4.69, 9.17) is 0 Å². The minimum Gasteiger partial charge on any atom is -0.478 e. The van der Waals surface area contributed by atoms with Gasteiger partial charge < -0.3 is 5.11 Å². The molecule has 9 heteroatoms. The number of nitrogens with one attached hydrogen (secondary N) is 1. The van der Waals surface area contributed by atoms with Gasteiger partial charge in [-0.3, -0.25) is 24.9 Å². The van der Waals surface area contributed by atoms with Gasteiger partial charge in [0.05, 0.1) is 11.3 Å². The molecular weight excluding hydrogens is 344 g/mol. The van der Waals surface area contributed by atoms with Gasteiger partial charge in [-0.2, -0.15) is 4.68 Å². The topological polar surface area (TPSA) is 105 Å². The predicted molar refractivity (Wildman–Crippen MR) is 91.7 cm³/mol. The highest BCUT2D eigenvalue weighted by Crippen LogP contribution is 2.37. The number of rotatable bonds is 5. The number of anilines is 1. The van der Waals surface area contributed by atoms with Crippen molar-refractivity contribution < 1.29 is 9.90 Å². The van der Waals surface area contributed by atoms with E-state index in [9.17, 15) is 19.5 Å². The van der Waals surface area contributed by atoms with Crippen LogP contribution in [0, 0.1) is 0 Å². The van der Waals surface area contributed by atoms with E-state index < -0.39 is 17.1 Å². The van der Waals surface area contributed by atoms with E-state index in [2.05, 4.69) is 15.3 Å². The fourth-order valence-electron chi connectivity index (χ4n) is 2.96. The first-order valence-electron chi connectivity index (χ1n) is 7.69. The molecule has 8 nitrogen and oxygen atoms in total. The molecule has 0 aliphatic carbocycles. The minimum absolute atomic E-state index is 0.157. The average Bonchev–Trinajstić information content (AvgIpc) is 3.01. The summed E-state index contributed by atoms with van der Waals surface area (Å²) in [5, 5.41) is 9.86. The van der Waals surface area contributed by atoms with Crippen LogP contribution in [0.3, 0.4) is 0 Å². The number of hydrogen-bond acceptors (Lipinski definition) is 7. The first-order valence-corrected chi connectivity index (χ1v) is 8.51. The molecule has 2 N–H and O–H groups in total. The van der Waals surface area contributed by atoms with Crippen molar-refractivity contribution in [3.8, 4) is 0 Å². The van der Waals surface area contributed by atoms with Crippen LogP contribution in [0.4, 0.5) is 5.00 Å². The van der Waals surface area contributed by atoms with Crippen molar-refractivity contribution >= 4 is 22.3 Å². The summed E-state index contributed by atoms with van der Waals surface area (Å²) in [7, 11) is 0. The Morgan fingerprint density at radius 2 is 2.12 bits per heavy atom. The third-order valence-corrected chi connectivity index (χ3v) is 5.34. The van der Waals surface area contributed by atoms with E-state index in [-0.39, 0.29) is 5.56 Å². The van der Waals surface area contributed by atoms with Crippen LogP contribution < -0.4 is 16.5 Å². The molecule has 25 heavy (non-hydrogen) atoms. The Hall–Kier alpha value is -2.78. The molecule has 1 aliphatic rings. The molecule has 0 fully saturated rings. The first-order chi connectivity index (χ1) is 12.0. The molecule has 3 aromatic rings. The Morgan fingerprint density at radius 1 is 1.32 bits per heavy atom. The summed E-state index contributed by atoms with van der Waals surface area (Å²) >= 11 is 1.28. The van der Waals surface area contributed by atoms with Crippen LogP contribution >= 0.6 is 11.3 Å². The van der Waals surface area contributed by atoms with Crippen LogP contribution in [-0.2, 0) is 19.5 Å². The van der Waals surface area contributed by atoms with Gasteiger partial charge in [0.2, 0.25) is 0 Å². The van der Waals surface area contributed by atoms with Gasteiger partial charge in [-0.05, 0) is 24.1 Å². The number of hydrogen-bond donors (Lipinski definition) is 2. The van der Waals surface area contributed by atoms with Gasteiger partial charge in [-0.15, -0.1) is 11.3 Å². The quantitative estimate of drug-likeness (QED) is 0.646. The number of carboxylic acid groups (broad SMARTS) is 1. The van der Waals surface area contributed by atoms with E-state index in [0.29, 0.717) is 24.5 Å². The van der Waals surface area contributed by atoms with Crippen LogP contribution in [0.5, 0.6) is 0 Å². The second-order valence-electron chi connectivity index (χ2n) is 5.85. The molecule has 0 spiro atoms. The van der Waals surface area contributed by atoms with Gasteiger partial charge in [0.1, 0.15) is 5.00 Å². The summed E-state index contributed by atoms with van der Waals surface area (Å²) in [6.45, 7) is 2.02. The van der Waals surface area contributed by atoms with E-state index in [0.717, 1.165) is 27.4 Å². The average molecular weight is 358 g/mol. The minimum atomic E-state index is -1.06. The monoisotopic (exact) mass is 358 g/mol. The lowest BCUT2D eigenvalue weighted by atomic mass is 10.0. The molecule has 3 aromatic heterocycles. The molecule has 0 atom stereocenters. The van der Waals surface area contributed by atoms with Crippen LogP contribution in [0.25, 0.3) is 0 Å². The zero-order valence-corrected chi connectivity index (χ0v) is 13.9. The molecule has 0 aromatic carbocycles. The number of nitrogens with zero attached hydrogens (tertiary/aromatic N) is 3. The number of aromatic carboxylic acids is 1. The van der Waals surface area contributed by atoms with Crippen molar-refractivity contribution in [3.05, 3.63) is 66.8 Å². The van der Waals surface area contributed by atoms with Crippen molar-refractivity contribution in [1.29, 1.82) is 0 Å². The highest BCUT2D eigenvalue weighted by atomic mass is 32.1. The molecule has 128 valence electrons. The number of thiophene rings is 1. The van der Waals surface area contributed by atoms with E-state index in [1.807, 2.05) is 18.2 Å². The highest BCUT2D eigenvalue weighted by molar-refractivity contribution is 7.16. The Bertz CT molecular complexity index is 991. The summed E-state index contributed by atoms with van der Waals surface area (Å²) in [6, 6.07) is 5.76. The Kier molecular flexibility index (Phi) is 3.74. The fraction of sp³-hybridized carbons (Fsp3) is 0.250. The van der Waals surface area contributed by atoms with Crippen molar-refractivity contribution in [2.75, 3.05) is 12.0 Å². The molecule has 0 unspecified atom stereocenters. The number of carbonyl (C=O) groups is 1. The van der Waals surface area contributed by atoms with Gasteiger partial charge >= 0.3 is 17.1 Å². The summed E-state index contributed by atoms with van der Waals surface area (Å²) < 4.78 is 0.829. The van der Waals surface area contributed by atoms with Gasteiger partial charge in [0.25, 0.3) is 0 Å². The van der Waals surface area contributed by atoms with Gasteiger partial charge in [-0.1, -0.05) is 6.07 Å².